The molecule has 3 rings (SSSR count). The van der Waals surface area contributed by atoms with Gasteiger partial charge in [0.2, 0.25) is 0 Å². The second-order valence-electron chi connectivity index (χ2n) is 5.75. The summed E-state index contributed by atoms with van der Waals surface area (Å²) < 4.78 is 0. The summed E-state index contributed by atoms with van der Waals surface area (Å²) in [6.45, 7) is 0.289. The molecule has 0 saturated carbocycles. The fourth-order valence-electron chi connectivity index (χ4n) is 2.83. The van der Waals surface area contributed by atoms with Gasteiger partial charge in [0.1, 0.15) is 11.8 Å². The van der Waals surface area contributed by atoms with Crippen molar-refractivity contribution in [3.8, 4) is 5.75 Å². The molecule has 24 heavy (non-hydrogen) atoms. The average Bonchev–Trinajstić information content (AvgIpc) is 2.60. The van der Waals surface area contributed by atoms with Crippen LogP contribution in [0, 0.1) is 0 Å². The van der Waals surface area contributed by atoms with E-state index in [4.69, 9.17) is 0 Å². The molecule has 3 aromatic carbocycles. The van der Waals surface area contributed by atoms with E-state index in [0.717, 1.165) is 16.3 Å². The van der Waals surface area contributed by atoms with Crippen LogP contribution in [0.4, 0.5) is 0 Å². The van der Waals surface area contributed by atoms with E-state index in [2.05, 4.69) is 5.32 Å². The summed E-state index contributed by atoms with van der Waals surface area (Å²) in [5.41, 5.74) is 1.67. The molecule has 0 aliphatic heterocycles. The maximum absolute atomic E-state index is 11.5. The van der Waals surface area contributed by atoms with Gasteiger partial charge in [-0.25, -0.2) is 0 Å². The van der Waals surface area contributed by atoms with Crippen LogP contribution in [0.3, 0.4) is 0 Å². The molecule has 0 aliphatic carbocycles. The van der Waals surface area contributed by atoms with Crippen molar-refractivity contribution in [1.29, 1.82) is 0 Å². The molecule has 0 aromatic heterocycles. The number of carboxylic acid groups (broad SMARTS) is 1. The first-order valence-electron chi connectivity index (χ1n) is 7.85. The standard InChI is InChI=1S/C20H19NO3/c22-19-11-10-15-8-4-5-9-16(15)17(19)13-21-18(20(23)24)12-14-6-2-1-3-7-14/h1-11,18,21-22H,12-13H2,(H,23,24)/t18-/m0/s1. The van der Waals surface area contributed by atoms with Crippen molar-refractivity contribution in [3.05, 3.63) is 77.9 Å². The third-order valence-electron chi connectivity index (χ3n) is 4.12. The molecule has 0 amide bonds. The van der Waals surface area contributed by atoms with Gasteiger partial charge in [0.05, 0.1) is 0 Å². The summed E-state index contributed by atoms with van der Waals surface area (Å²) in [5, 5.41) is 24.6. The molecule has 122 valence electrons. The zero-order valence-corrected chi connectivity index (χ0v) is 13.1. The normalized spacial score (nSPS) is 12.2. The Kier molecular flexibility index (Phi) is 4.77. The van der Waals surface area contributed by atoms with Crippen LogP contribution < -0.4 is 5.32 Å². The van der Waals surface area contributed by atoms with E-state index in [9.17, 15) is 15.0 Å². The fourth-order valence-corrected chi connectivity index (χ4v) is 2.83. The van der Waals surface area contributed by atoms with Crippen molar-refractivity contribution in [2.75, 3.05) is 0 Å². The van der Waals surface area contributed by atoms with Gasteiger partial charge in [0.15, 0.2) is 0 Å². The van der Waals surface area contributed by atoms with Crippen molar-refractivity contribution >= 4 is 16.7 Å². The molecule has 4 heteroatoms. The predicted octanol–water partition coefficient (Wildman–Crippen LogP) is 3.33. The van der Waals surface area contributed by atoms with E-state index in [1.54, 1.807) is 6.07 Å². The Morgan fingerprint density at radius 2 is 1.67 bits per heavy atom. The van der Waals surface area contributed by atoms with Gasteiger partial charge in [-0.15, -0.1) is 0 Å². The number of rotatable bonds is 6. The van der Waals surface area contributed by atoms with Crippen LogP contribution in [0.5, 0.6) is 5.75 Å². The maximum Gasteiger partial charge on any atom is 0.321 e. The summed E-state index contributed by atoms with van der Waals surface area (Å²) in [6, 6.07) is 20.0. The number of nitrogens with one attached hydrogen (secondary N) is 1. The third-order valence-corrected chi connectivity index (χ3v) is 4.12. The van der Waals surface area contributed by atoms with Crippen LogP contribution in [0.1, 0.15) is 11.1 Å². The van der Waals surface area contributed by atoms with E-state index in [-0.39, 0.29) is 12.3 Å². The zero-order chi connectivity index (χ0) is 16.9. The number of carbonyl (C=O) groups is 1. The van der Waals surface area contributed by atoms with Crippen molar-refractivity contribution in [2.24, 2.45) is 0 Å². The molecule has 3 N–H and O–H groups in total. The van der Waals surface area contributed by atoms with Crippen LogP contribution in [0.15, 0.2) is 66.7 Å². The summed E-state index contributed by atoms with van der Waals surface area (Å²) in [6.07, 6.45) is 0.391. The number of fused-ring (bicyclic) bond motifs is 1. The zero-order valence-electron chi connectivity index (χ0n) is 13.1. The number of hydrogen-bond acceptors (Lipinski definition) is 3. The highest BCUT2D eigenvalue weighted by Gasteiger charge is 2.18. The number of carboxylic acids is 1. The van der Waals surface area contributed by atoms with E-state index in [1.807, 2.05) is 60.7 Å². The minimum absolute atomic E-state index is 0.171. The Balaban J connectivity index is 1.80. The first-order chi connectivity index (χ1) is 11.6. The molecule has 0 unspecified atom stereocenters. The lowest BCUT2D eigenvalue weighted by molar-refractivity contribution is -0.139. The first-order valence-corrected chi connectivity index (χ1v) is 7.85. The van der Waals surface area contributed by atoms with Crippen molar-refractivity contribution in [1.82, 2.24) is 5.32 Å². The van der Waals surface area contributed by atoms with Crippen LogP contribution in [-0.2, 0) is 17.8 Å². The highest BCUT2D eigenvalue weighted by molar-refractivity contribution is 5.87. The SMILES string of the molecule is O=C(O)[C@H](Cc1ccccc1)NCc1c(O)ccc2ccccc12. The molecule has 0 saturated heterocycles. The topological polar surface area (TPSA) is 69.6 Å². The van der Waals surface area contributed by atoms with Crippen molar-refractivity contribution in [2.45, 2.75) is 19.0 Å². The van der Waals surface area contributed by atoms with E-state index >= 15 is 0 Å². The molecule has 0 heterocycles. The van der Waals surface area contributed by atoms with Crippen LogP contribution >= 0.6 is 0 Å². The van der Waals surface area contributed by atoms with Crippen LogP contribution in [-0.4, -0.2) is 22.2 Å². The van der Waals surface area contributed by atoms with Gasteiger partial charge in [0.25, 0.3) is 0 Å². The number of hydrogen-bond donors (Lipinski definition) is 3. The second kappa shape index (κ2) is 7.15. The van der Waals surface area contributed by atoms with Gasteiger partial charge in [-0.3, -0.25) is 10.1 Å². The highest BCUT2D eigenvalue weighted by atomic mass is 16.4. The number of phenolic OH excluding ortho intramolecular Hbond substituents is 1. The number of aliphatic carboxylic acids is 1. The van der Waals surface area contributed by atoms with Gasteiger partial charge < -0.3 is 10.2 Å². The summed E-state index contributed by atoms with van der Waals surface area (Å²) >= 11 is 0. The summed E-state index contributed by atoms with van der Waals surface area (Å²) in [7, 11) is 0. The fraction of sp³-hybridized carbons (Fsp3) is 0.150. The Hall–Kier alpha value is -2.85. The monoisotopic (exact) mass is 321 g/mol. The largest absolute Gasteiger partial charge is 0.508 e. The molecular weight excluding hydrogens is 302 g/mol. The Labute approximate surface area is 140 Å². The molecule has 1 atom stereocenters. The molecule has 3 aromatic rings. The summed E-state index contributed by atoms with van der Waals surface area (Å²) in [4.78, 5) is 11.5. The molecule has 0 bridgehead atoms. The minimum atomic E-state index is -0.904. The van der Waals surface area contributed by atoms with Gasteiger partial charge in [0, 0.05) is 12.1 Å². The van der Waals surface area contributed by atoms with Crippen LogP contribution in [0.25, 0.3) is 10.8 Å². The Morgan fingerprint density at radius 1 is 0.958 bits per heavy atom. The quantitative estimate of drug-likeness (QED) is 0.651. The number of aromatic hydroxyl groups is 1. The Morgan fingerprint density at radius 3 is 2.42 bits per heavy atom. The number of benzene rings is 3. The van der Waals surface area contributed by atoms with Crippen LogP contribution in [0.2, 0.25) is 0 Å². The van der Waals surface area contributed by atoms with Crippen molar-refractivity contribution < 1.29 is 15.0 Å². The molecule has 0 spiro atoms. The molecule has 0 aliphatic rings. The predicted molar refractivity (Wildman–Crippen MR) is 94.0 cm³/mol. The average molecular weight is 321 g/mol. The molecule has 0 fully saturated rings. The second-order valence-corrected chi connectivity index (χ2v) is 5.75. The van der Waals surface area contributed by atoms with E-state index in [1.165, 1.54) is 0 Å². The lowest BCUT2D eigenvalue weighted by atomic mass is 10.0. The third kappa shape index (κ3) is 3.55. The highest BCUT2D eigenvalue weighted by Crippen LogP contribution is 2.27. The van der Waals surface area contributed by atoms with Gasteiger partial charge in [-0.2, -0.15) is 0 Å². The smallest absolute Gasteiger partial charge is 0.321 e. The minimum Gasteiger partial charge on any atom is -0.508 e. The lowest BCUT2D eigenvalue weighted by Gasteiger charge is -2.16. The molecular formula is C20H19NO3. The lowest BCUT2D eigenvalue weighted by Crippen LogP contribution is -2.38. The van der Waals surface area contributed by atoms with E-state index < -0.39 is 12.0 Å². The first kappa shape index (κ1) is 16.0. The van der Waals surface area contributed by atoms with Gasteiger partial charge in [-0.05, 0) is 28.8 Å². The molecule has 0 radical (unpaired) electrons. The Bertz CT molecular complexity index is 846. The maximum atomic E-state index is 11.5. The van der Waals surface area contributed by atoms with Crippen molar-refractivity contribution in [3.63, 3.8) is 0 Å². The van der Waals surface area contributed by atoms with Gasteiger partial charge >= 0.3 is 5.97 Å². The molecule has 4 nitrogen and oxygen atoms in total. The van der Waals surface area contributed by atoms with Gasteiger partial charge in [-0.1, -0.05) is 60.7 Å². The van der Waals surface area contributed by atoms with E-state index in [0.29, 0.717) is 12.0 Å². The summed E-state index contributed by atoms with van der Waals surface area (Å²) in [5.74, 6) is -0.733. The number of phenols is 1.